The van der Waals surface area contributed by atoms with Crippen molar-refractivity contribution in [2.45, 2.75) is 46.2 Å². The molecule has 2 rings (SSSR count). The third kappa shape index (κ3) is 6.18. The summed E-state index contributed by atoms with van der Waals surface area (Å²) in [5.41, 5.74) is 11.0. The van der Waals surface area contributed by atoms with Gasteiger partial charge in [0.2, 0.25) is 5.91 Å². The molecule has 0 saturated heterocycles. The van der Waals surface area contributed by atoms with Crippen LogP contribution in [-0.2, 0) is 11.2 Å². The van der Waals surface area contributed by atoms with Crippen LogP contribution in [0.4, 0.5) is 0 Å². The lowest BCUT2D eigenvalue weighted by molar-refractivity contribution is -0.125. The van der Waals surface area contributed by atoms with E-state index in [9.17, 15) is 4.79 Å². The normalized spacial score (nSPS) is 14.1. The first-order valence-electron chi connectivity index (χ1n) is 8.55. The Bertz CT molecular complexity index is 667. The molecule has 2 aromatic carbocycles. The average Bonchev–Trinajstić information content (AvgIpc) is 2.53. The second-order valence-electron chi connectivity index (χ2n) is 6.83. The van der Waals surface area contributed by atoms with Crippen LogP contribution >= 0.6 is 12.4 Å². The third-order valence-corrected chi connectivity index (χ3v) is 4.35. The van der Waals surface area contributed by atoms with E-state index in [1.165, 1.54) is 16.7 Å². The van der Waals surface area contributed by atoms with Gasteiger partial charge < -0.3 is 11.1 Å². The number of aryl methyl sites for hydroxylation is 2. The van der Waals surface area contributed by atoms with Crippen molar-refractivity contribution >= 4 is 18.3 Å². The van der Waals surface area contributed by atoms with E-state index in [0.29, 0.717) is 0 Å². The molecule has 3 atom stereocenters. The summed E-state index contributed by atoms with van der Waals surface area (Å²) in [6.07, 6.45) is 0.821. The quantitative estimate of drug-likeness (QED) is 0.814. The minimum Gasteiger partial charge on any atom is -0.353 e. The maximum absolute atomic E-state index is 12.5. The van der Waals surface area contributed by atoms with Gasteiger partial charge in [0.05, 0.1) is 5.92 Å². The fraction of sp³-hybridized carbons (Fsp3) is 0.381. The summed E-state index contributed by atoms with van der Waals surface area (Å²) in [6.45, 7) is 8.12. The molecule has 0 aliphatic rings. The first kappa shape index (κ1) is 21.2. The lowest BCUT2D eigenvalue weighted by atomic mass is 9.94. The molecule has 0 spiro atoms. The van der Waals surface area contributed by atoms with Gasteiger partial charge in [-0.1, -0.05) is 66.6 Å². The summed E-state index contributed by atoms with van der Waals surface area (Å²) >= 11 is 0. The molecule has 0 saturated carbocycles. The Labute approximate surface area is 157 Å². The van der Waals surface area contributed by atoms with Crippen molar-refractivity contribution in [1.29, 1.82) is 0 Å². The number of halogens is 1. The molecule has 3 nitrogen and oxygen atoms in total. The SMILES string of the molecule is Cc1cc(C)cc(CC(C)NC(=O)C(C)C(N)c2ccccc2)c1.Cl. The molecule has 0 aromatic heterocycles. The monoisotopic (exact) mass is 360 g/mol. The zero-order chi connectivity index (χ0) is 17.7. The lowest BCUT2D eigenvalue weighted by Gasteiger charge is -2.22. The number of benzene rings is 2. The predicted octanol–water partition coefficient (Wildman–Crippen LogP) is 4.11. The molecule has 25 heavy (non-hydrogen) atoms. The van der Waals surface area contributed by atoms with Gasteiger partial charge in [-0.05, 0) is 38.3 Å². The fourth-order valence-electron chi connectivity index (χ4n) is 3.09. The van der Waals surface area contributed by atoms with E-state index in [0.717, 1.165) is 12.0 Å². The zero-order valence-corrected chi connectivity index (χ0v) is 16.3. The second-order valence-corrected chi connectivity index (χ2v) is 6.83. The molecule has 4 heteroatoms. The van der Waals surface area contributed by atoms with Crippen LogP contribution in [0.15, 0.2) is 48.5 Å². The largest absolute Gasteiger partial charge is 0.353 e. The van der Waals surface area contributed by atoms with Crippen LogP contribution in [0.2, 0.25) is 0 Å². The van der Waals surface area contributed by atoms with E-state index in [1.54, 1.807) is 0 Å². The Morgan fingerprint density at radius 2 is 1.60 bits per heavy atom. The van der Waals surface area contributed by atoms with Crippen LogP contribution in [0.25, 0.3) is 0 Å². The van der Waals surface area contributed by atoms with Gasteiger partial charge in [0.15, 0.2) is 0 Å². The Morgan fingerprint density at radius 1 is 1.04 bits per heavy atom. The van der Waals surface area contributed by atoms with Gasteiger partial charge in [0.1, 0.15) is 0 Å². The molecule has 136 valence electrons. The molecule has 0 aliphatic carbocycles. The van der Waals surface area contributed by atoms with Gasteiger partial charge in [0.25, 0.3) is 0 Å². The van der Waals surface area contributed by atoms with Crippen LogP contribution in [0.3, 0.4) is 0 Å². The molecule has 3 N–H and O–H groups in total. The highest BCUT2D eigenvalue weighted by molar-refractivity contribution is 5.85. The number of carbonyl (C=O) groups excluding carboxylic acids is 1. The highest BCUT2D eigenvalue weighted by Crippen LogP contribution is 2.19. The topological polar surface area (TPSA) is 55.1 Å². The number of rotatable bonds is 6. The molecular formula is C21H29ClN2O. The van der Waals surface area contributed by atoms with E-state index < -0.39 is 0 Å². The van der Waals surface area contributed by atoms with E-state index in [2.05, 4.69) is 37.4 Å². The van der Waals surface area contributed by atoms with Crippen LogP contribution in [0, 0.1) is 19.8 Å². The first-order valence-corrected chi connectivity index (χ1v) is 8.55. The summed E-state index contributed by atoms with van der Waals surface area (Å²) in [5, 5.41) is 3.10. The van der Waals surface area contributed by atoms with Crippen LogP contribution in [0.1, 0.15) is 42.1 Å². The maximum atomic E-state index is 12.5. The van der Waals surface area contributed by atoms with Crippen molar-refractivity contribution in [2.75, 3.05) is 0 Å². The minimum atomic E-state index is -0.292. The lowest BCUT2D eigenvalue weighted by Crippen LogP contribution is -2.41. The Morgan fingerprint density at radius 3 is 2.16 bits per heavy atom. The van der Waals surface area contributed by atoms with Gasteiger partial charge in [-0.3, -0.25) is 4.79 Å². The Balaban J connectivity index is 0.00000312. The summed E-state index contributed by atoms with van der Waals surface area (Å²) in [5.74, 6) is -0.266. The number of hydrogen-bond acceptors (Lipinski definition) is 2. The fourth-order valence-corrected chi connectivity index (χ4v) is 3.09. The summed E-state index contributed by atoms with van der Waals surface area (Å²) in [6, 6.07) is 16.1. The molecule has 0 fully saturated rings. The predicted molar refractivity (Wildman–Crippen MR) is 107 cm³/mol. The molecule has 0 bridgehead atoms. The van der Waals surface area contributed by atoms with Crippen LogP contribution in [-0.4, -0.2) is 11.9 Å². The smallest absolute Gasteiger partial charge is 0.224 e. The van der Waals surface area contributed by atoms with Gasteiger partial charge in [-0.2, -0.15) is 0 Å². The highest BCUT2D eigenvalue weighted by Gasteiger charge is 2.23. The third-order valence-electron chi connectivity index (χ3n) is 4.35. The van der Waals surface area contributed by atoms with E-state index in [4.69, 9.17) is 5.73 Å². The molecular weight excluding hydrogens is 332 g/mol. The van der Waals surface area contributed by atoms with Crippen molar-refractivity contribution < 1.29 is 4.79 Å². The van der Waals surface area contributed by atoms with E-state index >= 15 is 0 Å². The molecule has 2 aromatic rings. The average molecular weight is 361 g/mol. The first-order chi connectivity index (χ1) is 11.4. The Hall–Kier alpha value is -1.84. The minimum absolute atomic E-state index is 0. The number of nitrogens with two attached hydrogens (primary N) is 1. The van der Waals surface area contributed by atoms with Gasteiger partial charge in [-0.25, -0.2) is 0 Å². The number of nitrogens with one attached hydrogen (secondary N) is 1. The van der Waals surface area contributed by atoms with Gasteiger partial charge >= 0.3 is 0 Å². The molecule has 3 unspecified atom stereocenters. The van der Waals surface area contributed by atoms with Crippen molar-refractivity contribution in [2.24, 2.45) is 11.7 Å². The van der Waals surface area contributed by atoms with E-state index in [-0.39, 0.29) is 36.3 Å². The van der Waals surface area contributed by atoms with Gasteiger partial charge in [0, 0.05) is 12.1 Å². The standard InChI is InChI=1S/C21H28N2O.ClH/c1-14-10-15(2)12-18(11-14)13-16(3)23-21(24)17(4)20(22)19-8-6-5-7-9-19;/h5-12,16-17,20H,13,22H2,1-4H3,(H,23,24);1H. The van der Waals surface area contributed by atoms with Crippen molar-refractivity contribution in [3.63, 3.8) is 0 Å². The molecule has 1 amide bonds. The number of amides is 1. The number of hydrogen-bond donors (Lipinski definition) is 2. The summed E-state index contributed by atoms with van der Waals surface area (Å²) in [4.78, 5) is 12.5. The Kier molecular flexibility index (Phi) is 8.14. The second kappa shape index (κ2) is 9.59. The summed E-state index contributed by atoms with van der Waals surface area (Å²) in [7, 11) is 0. The molecule has 0 heterocycles. The van der Waals surface area contributed by atoms with E-state index in [1.807, 2.05) is 44.2 Å². The van der Waals surface area contributed by atoms with Gasteiger partial charge in [-0.15, -0.1) is 12.4 Å². The molecule has 0 aliphatic heterocycles. The highest BCUT2D eigenvalue weighted by atomic mass is 35.5. The molecule has 0 radical (unpaired) electrons. The maximum Gasteiger partial charge on any atom is 0.224 e. The number of carbonyl (C=O) groups is 1. The van der Waals surface area contributed by atoms with Crippen molar-refractivity contribution in [1.82, 2.24) is 5.32 Å². The zero-order valence-electron chi connectivity index (χ0n) is 15.5. The summed E-state index contributed by atoms with van der Waals surface area (Å²) < 4.78 is 0. The van der Waals surface area contributed by atoms with Crippen molar-refractivity contribution in [3.05, 3.63) is 70.8 Å². The van der Waals surface area contributed by atoms with Crippen LogP contribution in [0.5, 0.6) is 0 Å². The van der Waals surface area contributed by atoms with Crippen LogP contribution < -0.4 is 11.1 Å². The van der Waals surface area contributed by atoms with Crippen molar-refractivity contribution in [3.8, 4) is 0 Å².